The fourth-order valence-corrected chi connectivity index (χ4v) is 2.25. The van der Waals surface area contributed by atoms with Gasteiger partial charge in [-0.2, -0.15) is 5.01 Å². The lowest BCUT2D eigenvalue weighted by atomic mass is 10.2. The van der Waals surface area contributed by atoms with Gasteiger partial charge in [0.15, 0.2) is 6.23 Å². The second-order valence-corrected chi connectivity index (χ2v) is 5.10. The van der Waals surface area contributed by atoms with E-state index in [-0.39, 0.29) is 19.8 Å². The normalized spacial score (nSPS) is 17.1. The highest BCUT2D eigenvalue weighted by Gasteiger charge is 2.38. The minimum atomic E-state index is -1.13. The molecule has 0 aromatic heterocycles. The third kappa shape index (κ3) is 4.93. The van der Waals surface area contributed by atoms with E-state index in [0.717, 1.165) is 21.7 Å². The second-order valence-electron chi connectivity index (χ2n) is 5.10. The monoisotopic (exact) mass is 352 g/mol. The zero-order valence-electron chi connectivity index (χ0n) is 14.2. The second kappa shape index (κ2) is 9.03. The number of hydrazine groups is 1. The molecule has 25 heavy (non-hydrogen) atoms. The van der Waals surface area contributed by atoms with E-state index in [1.54, 1.807) is 13.8 Å². The lowest BCUT2D eigenvalue weighted by Crippen LogP contribution is -2.57. The number of benzene rings is 1. The van der Waals surface area contributed by atoms with Crippen LogP contribution in [0.2, 0.25) is 0 Å². The Balaban J connectivity index is 2.21. The Bertz CT molecular complexity index is 623. The van der Waals surface area contributed by atoms with Crippen molar-refractivity contribution in [2.45, 2.75) is 26.7 Å². The van der Waals surface area contributed by atoms with Crippen LogP contribution in [0.5, 0.6) is 0 Å². The van der Waals surface area contributed by atoms with Crippen molar-refractivity contribution in [2.75, 3.05) is 19.8 Å². The molecule has 1 aliphatic rings. The average molecular weight is 352 g/mol. The Morgan fingerprint density at radius 1 is 1.12 bits per heavy atom. The largest absolute Gasteiger partial charge is 0.448 e. The summed E-state index contributed by atoms with van der Waals surface area (Å²) < 4.78 is 29.5. The quantitative estimate of drug-likeness (QED) is 0.814. The van der Waals surface area contributed by atoms with Gasteiger partial charge in [0.1, 0.15) is 5.83 Å². The summed E-state index contributed by atoms with van der Waals surface area (Å²) in [7, 11) is 0. The van der Waals surface area contributed by atoms with Gasteiger partial charge in [0.2, 0.25) is 0 Å². The van der Waals surface area contributed by atoms with E-state index in [4.69, 9.17) is 14.2 Å². The summed E-state index contributed by atoms with van der Waals surface area (Å²) >= 11 is 0. The van der Waals surface area contributed by atoms with Crippen molar-refractivity contribution in [1.29, 1.82) is 0 Å². The summed E-state index contributed by atoms with van der Waals surface area (Å²) in [5.74, 6) is -0.605. The lowest BCUT2D eigenvalue weighted by molar-refractivity contribution is -0.127. The minimum absolute atomic E-state index is 0.0902. The van der Waals surface area contributed by atoms with Crippen LogP contribution in [0.1, 0.15) is 19.4 Å². The predicted octanol–water partition coefficient (Wildman–Crippen LogP) is 3.23. The van der Waals surface area contributed by atoms with Gasteiger partial charge in [-0.1, -0.05) is 30.3 Å². The van der Waals surface area contributed by atoms with Crippen LogP contribution in [-0.4, -0.2) is 48.2 Å². The van der Waals surface area contributed by atoms with Gasteiger partial charge < -0.3 is 14.2 Å². The fourth-order valence-electron chi connectivity index (χ4n) is 2.25. The van der Waals surface area contributed by atoms with Gasteiger partial charge in [-0.15, -0.1) is 0 Å². The molecule has 1 aromatic rings. The van der Waals surface area contributed by atoms with Gasteiger partial charge in [-0.25, -0.2) is 19.0 Å². The Morgan fingerprint density at radius 3 is 2.40 bits per heavy atom. The Kier molecular flexibility index (Phi) is 6.76. The van der Waals surface area contributed by atoms with Crippen molar-refractivity contribution in [3.05, 3.63) is 47.8 Å². The maximum Gasteiger partial charge on any atom is 0.431 e. The van der Waals surface area contributed by atoms with Crippen molar-refractivity contribution < 1.29 is 28.2 Å². The molecule has 2 amide bonds. The van der Waals surface area contributed by atoms with Gasteiger partial charge in [0.25, 0.3) is 0 Å². The van der Waals surface area contributed by atoms with Crippen molar-refractivity contribution >= 4 is 12.2 Å². The van der Waals surface area contributed by atoms with Gasteiger partial charge in [0, 0.05) is 6.08 Å². The molecule has 0 saturated carbocycles. The van der Waals surface area contributed by atoms with Crippen LogP contribution in [0.15, 0.2) is 42.2 Å². The molecular formula is C17H21FN2O5. The molecule has 1 atom stereocenters. The smallest absolute Gasteiger partial charge is 0.431 e. The van der Waals surface area contributed by atoms with Crippen LogP contribution in [-0.2, 0) is 20.8 Å². The zero-order valence-corrected chi connectivity index (χ0v) is 14.2. The molecule has 1 heterocycles. The highest BCUT2D eigenvalue weighted by molar-refractivity contribution is 5.75. The predicted molar refractivity (Wildman–Crippen MR) is 86.8 cm³/mol. The molecule has 0 N–H and O–H groups in total. The first-order chi connectivity index (χ1) is 12.1. The Labute approximate surface area is 145 Å². The fraction of sp³-hybridized carbons (Fsp3) is 0.412. The number of ether oxygens (including phenoxy) is 3. The molecular weight excluding hydrogens is 331 g/mol. The molecule has 2 rings (SSSR count). The Morgan fingerprint density at radius 2 is 1.76 bits per heavy atom. The minimum Gasteiger partial charge on any atom is -0.448 e. The summed E-state index contributed by atoms with van der Waals surface area (Å²) in [6, 6.07) is 9.20. The number of carbonyl (C=O) groups is 2. The number of rotatable bonds is 5. The van der Waals surface area contributed by atoms with Crippen LogP contribution < -0.4 is 0 Å². The first kappa shape index (κ1) is 18.7. The van der Waals surface area contributed by atoms with E-state index in [2.05, 4.69) is 0 Å². The standard InChI is InChI=1S/C17H21FN2O5/c1-3-23-16(21)19-11-14(18)10-15(20(19)17(22)24-4-2)25-12-13-8-6-5-7-9-13/h5-10,15H,3-4,11-12H2,1-2H3. The van der Waals surface area contributed by atoms with Gasteiger partial charge >= 0.3 is 12.2 Å². The molecule has 0 saturated heterocycles. The number of amides is 2. The summed E-state index contributed by atoms with van der Waals surface area (Å²) in [4.78, 5) is 24.4. The molecule has 1 unspecified atom stereocenters. The Hall–Kier alpha value is -2.61. The van der Waals surface area contributed by atoms with Gasteiger partial charge in [-0.3, -0.25) is 0 Å². The van der Waals surface area contributed by atoms with Crippen LogP contribution in [0.3, 0.4) is 0 Å². The molecule has 8 heteroatoms. The van der Waals surface area contributed by atoms with Crippen LogP contribution in [0.25, 0.3) is 0 Å². The van der Waals surface area contributed by atoms with Crippen molar-refractivity contribution in [3.8, 4) is 0 Å². The van der Waals surface area contributed by atoms with Crippen LogP contribution in [0, 0.1) is 0 Å². The maximum atomic E-state index is 14.0. The molecule has 1 aromatic carbocycles. The van der Waals surface area contributed by atoms with E-state index in [0.29, 0.717) is 0 Å². The lowest BCUT2D eigenvalue weighted by Gasteiger charge is -2.39. The van der Waals surface area contributed by atoms with Crippen molar-refractivity contribution in [3.63, 3.8) is 0 Å². The molecule has 0 radical (unpaired) electrons. The van der Waals surface area contributed by atoms with Crippen LogP contribution >= 0.6 is 0 Å². The molecule has 7 nitrogen and oxygen atoms in total. The van der Waals surface area contributed by atoms with E-state index < -0.39 is 30.8 Å². The van der Waals surface area contributed by atoms with Gasteiger partial charge in [-0.05, 0) is 19.4 Å². The third-order valence-electron chi connectivity index (χ3n) is 3.32. The first-order valence-corrected chi connectivity index (χ1v) is 7.98. The van der Waals surface area contributed by atoms with E-state index >= 15 is 0 Å². The summed E-state index contributed by atoms with van der Waals surface area (Å²) in [6.07, 6.45) is -1.67. The van der Waals surface area contributed by atoms with Gasteiger partial charge in [0.05, 0.1) is 26.4 Å². The summed E-state index contributed by atoms with van der Waals surface area (Å²) in [6.45, 7) is 3.14. The van der Waals surface area contributed by atoms with Crippen LogP contribution in [0.4, 0.5) is 14.0 Å². The first-order valence-electron chi connectivity index (χ1n) is 7.98. The molecule has 136 valence electrons. The maximum absolute atomic E-state index is 14.0. The molecule has 0 bridgehead atoms. The molecule has 0 fully saturated rings. The highest BCUT2D eigenvalue weighted by Crippen LogP contribution is 2.22. The summed E-state index contributed by atoms with van der Waals surface area (Å²) in [5.41, 5.74) is 0.841. The number of nitrogens with zero attached hydrogens (tertiary/aromatic N) is 2. The highest BCUT2D eigenvalue weighted by atomic mass is 19.1. The number of carbonyl (C=O) groups excluding carboxylic acids is 2. The molecule has 0 aliphatic carbocycles. The van der Waals surface area contributed by atoms with Crippen molar-refractivity contribution in [1.82, 2.24) is 10.0 Å². The number of halogens is 1. The number of hydrogen-bond acceptors (Lipinski definition) is 5. The topological polar surface area (TPSA) is 68.3 Å². The summed E-state index contributed by atoms with van der Waals surface area (Å²) in [5, 5.41) is 1.76. The SMILES string of the molecule is CCOC(=O)N1CC(F)=CC(OCc2ccccc2)N1C(=O)OCC. The molecule has 0 spiro atoms. The van der Waals surface area contributed by atoms with E-state index in [9.17, 15) is 14.0 Å². The third-order valence-corrected chi connectivity index (χ3v) is 3.32. The van der Waals surface area contributed by atoms with Crippen molar-refractivity contribution in [2.24, 2.45) is 0 Å². The molecule has 1 aliphatic heterocycles. The average Bonchev–Trinajstić information content (AvgIpc) is 2.60. The zero-order chi connectivity index (χ0) is 18.2. The van der Waals surface area contributed by atoms with E-state index in [1.807, 2.05) is 30.3 Å². The number of hydrogen-bond donors (Lipinski definition) is 0. The van der Waals surface area contributed by atoms with E-state index in [1.165, 1.54) is 0 Å².